The van der Waals surface area contributed by atoms with Crippen LogP contribution in [0.5, 0.6) is 0 Å². The van der Waals surface area contributed by atoms with Crippen molar-refractivity contribution in [3.63, 3.8) is 0 Å². The van der Waals surface area contributed by atoms with Crippen LogP contribution in [0.25, 0.3) is 0 Å². The van der Waals surface area contributed by atoms with Crippen molar-refractivity contribution in [2.24, 2.45) is 5.41 Å². The Balaban J connectivity index is 0.00000338. The number of nitrogens with one attached hydrogen (secondary N) is 2. The minimum Gasteiger partial charge on any atom is -0.465 e. The Morgan fingerprint density at radius 3 is 2.54 bits per heavy atom. The topological polar surface area (TPSA) is 93.7 Å². The molecule has 0 atom stereocenters. The third kappa shape index (κ3) is 5.55. The van der Waals surface area contributed by atoms with E-state index in [1.807, 2.05) is 0 Å². The van der Waals surface area contributed by atoms with Crippen LogP contribution in [0.2, 0.25) is 5.02 Å². The maximum absolute atomic E-state index is 12.8. The van der Waals surface area contributed by atoms with E-state index in [2.05, 4.69) is 14.8 Å². The highest BCUT2D eigenvalue weighted by atomic mass is 35.5. The summed E-state index contributed by atoms with van der Waals surface area (Å²) in [7, 11) is -1.11. The molecule has 0 saturated carbocycles. The molecule has 0 amide bonds. The number of carbonyl (C=O) groups is 1. The van der Waals surface area contributed by atoms with E-state index in [0.29, 0.717) is 6.61 Å². The Kier molecular flexibility index (Phi) is 8.78. The summed E-state index contributed by atoms with van der Waals surface area (Å²) >= 11 is 5.88. The molecule has 1 aromatic rings. The first-order chi connectivity index (χ1) is 11.8. The van der Waals surface area contributed by atoms with Gasteiger partial charge in [-0.3, -0.25) is 0 Å². The summed E-state index contributed by atoms with van der Waals surface area (Å²) in [6.45, 7) is 2.30. The van der Waals surface area contributed by atoms with Crippen LogP contribution in [-0.2, 0) is 19.5 Å². The standard InChI is InChI=1S/C16H23ClN2O5S.ClH/c1-23-11-16(5-7-18-8-6-16)10-19-25(21,22)14-4-3-12(17)9-13(14)15(20)24-2;/h3-4,9,18-19H,5-8,10-11H2,1-2H3;1H. The Labute approximate surface area is 165 Å². The molecule has 26 heavy (non-hydrogen) atoms. The Hall–Kier alpha value is -0.900. The van der Waals surface area contributed by atoms with Gasteiger partial charge in [0.15, 0.2) is 0 Å². The third-order valence-corrected chi connectivity index (χ3v) is 6.08. The van der Waals surface area contributed by atoms with Gasteiger partial charge in [-0.05, 0) is 44.1 Å². The highest BCUT2D eigenvalue weighted by molar-refractivity contribution is 7.89. The molecule has 1 aliphatic rings. The molecule has 10 heteroatoms. The van der Waals surface area contributed by atoms with E-state index in [1.54, 1.807) is 7.11 Å². The van der Waals surface area contributed by atoms with E-state index < -0.39 is 16.0 Å². The van der Waals surface area contributed by atoms with Gasteiger partial charge in [-0.2, -0.15) is 0 Å². The second kappa shape index (κ2) is 9.87. The first-order valence-electron chi connectivity index (χ1n) is 7.91. The van der Waals surface area contributed by atoms with Crippen LogP contribution in [0.1, 0.15) is 23.2 Å². The lowest BCUT2D eigenvalue weighted by Crippen LogP contribution is -2.47. The van der Waals surface area contributed by atoms with Gasteiger partial charge in [-0.1, -0.05) is 11.6 Å². The number of carbonyl (C=O) groups excluding carboxylic acids is 1. The van der Waals surface area contributed by atoms with E-state index in [9.17, 15) is 13.2 Å². The van der Waals surface area contributed by atoms with Gasteiger partial charge in [-0.25, -0.2) is 17.9 Å². The van der Waals surface area contributed by atoms with Crippen molar-refractivity contribution in [1.82, 2.24) is 10.0 Å². The minimum atomic E-state index is -3.90. The molecule has 0 unspecified atom stereocenters. The van der Waals surface area contributed by atoms with Gasteiger partial charge in [-0.15, -0.1) is 12.4 Å². The summed E-state index contributed by atoms with van der Waals surface area (Å²) < 4.78 is 38.1. The molecule has 0 bridgehead atoms. The fraction of sp³-hybridized carbons (Fsp3) is 0.562. The second-order valence-electron chi connectivity index (χ2n) is 6.14. The second-order valence-corrected chi connectivity index (χ2v) is 8.31. The predicted octanol–water partition coefficient (Wildman–Crippen LogP) is 1.84. The van der Waals surface area contributed by atoms with Crippen LogP contribution in [0, 0.1) is 5.41 Å². The Bertz CT molecular complexity index is 716. The number of benzene rings is 1. The van der Waals surface area contributed by atoms with Crippen molar-refractivity contribution in [2.45, 2.75) is 17.7 Å². The average Bonchev–Trinajstić information content (AvgIpc) is 2.60. The summed E-state index contributed by atoms with van der Waals surface area (Å²) in [5.41, 5.74) is -0.362. The molecule has 0 aromatic heterocycles. The van der Waals surface area contributed by atoms with Crippen molar-refractivity contribution >= 4 is 40.0 Å². The van der Waals surface area contributed by atoms with E-state index in [1.165, 1.54) is 25.3 Å². The molecule has 1 aromatic carbocycles. The number of rotatable bonds is 7. The summed E-state index contributed by atoms with van der Waals surface area (Å²) in [5, 5.41) is 3.51. The van der Waals surface area contributed by atoms with Crippen molar-refractivity contribution in [3.05, 3.63) is 28.8 Å². The van der Waals surface area contributed by atoms with E-state index in [4.69, 9.17) is 16.3 Å². The number of ether oxygens (including phenoxy) is 2. The summed E-state index contributed by atoms with van der Waals surface area (Å²) in [4.78, 5) is 11.8. The monoisotopic (exact) mass is 426 g/mol. The molecule has 1 heterocycles. The van der Waals surface area contributed by atoms with Gasteiger partial charge in [0.1, 0.15) is 0 Å². The lowest BCUT2D eigenvalue weighted by atomic mass is 9.80. The molecule has 7 nitrogen and oxygen atoms in total. The van der Waals surface area contributed by atoms with Gasteiger partial charge >= 0.3 is 5.97 Å². The van der Waals surface area contributed by atoms with Crippen molar-refractivity contribution in [3.8, 4) is 0 Å². The van der Waals surface area contributed by atoms with Crippen molar-refractivity contribution in [1.29, 1.82) is 0 Å². The SMILES string of the molecule is COCC1(CNS(=O)(=O)c2ccc(Cl)cc2C(=O)OC)CCNCC1.Cl. The molecule has 2 rings (SSSR count). The number of hydrogen-bond acceptors (Lipinski definition) is 6. The molecule has 148 valence electrons. The van der Waals surface area contributed by atoms with Crippen LogP contribution in [-0.4, -0.2) is 54.8 Å². The quantitative estimate of drug-likeness (QED) is 0.646. The third-order valence-electron chi connectivity index (χ3n) is 4.39. The average molecular weight is 427 g/mol. The van der Waals surface area contributed by atoms with E-state index in [-0.39, 0.29) is 39.8 Å². The molecule has 1 aliphatic heterocycles. The zero-order valence-corrected chi connectivity index (χ0v) is 17.1. The zero-order valence-electron chi connectivity index (χ0n) is 14.7. The maximum Gasteiger partial charge on any atom is 0.339 e. The van der Waals surface area contributed by atoms with Crippen LogP contribution in [0.3, 0.4) is 0 Å². The number of methoxy groups -OCH3 is 2. The van der Waals surface area contributed by atoms with E-state index >= 15 is 0 Å². The lowest BCUT2D eigenvalue weighted by Gasteiger charge is -2.37. The number of halogens is 2. The Morgan fingerprint density at radius 1 is 1.31 bits per heavy atom. The summed E-state index contributed by atoms with van der Waals surface area (Å²) in [6.07, 6.45) is 1.60. The highest BCUT2D eigenvalue weighted by Gasteiger charge is 2.34. The van der Waals surface area contributed by atoms with Gasteiger partial charge in [0.25, 0.3) is 0 Å². The number of esters is 1. The van der Waals surface area contributed by atoms with Crippen LogP contribution in [0.4, 0.5) is 0 Å². The predicted molar refractivity (Wildman–Crippen MR) is 102 cm³/mol. The maximum atomic E-state index is 12.8. The first kappa shape index (κ1) is 23.1. The van der Waals surface area contributed by atoms with Crippen LogP contribution >= 0.6 is 24.0 Å². The number of piperidine rings is 1. The fourth-order valence-corrected chi connectivity index (χ4v) is 4.47. The van der Waals surface area contributed by atoms with Crippen molar-refractivity contribution < 1.29 is 22.7 Å². The van der Waals surface area contributed by atoms with Gasteiger partial charge in [0, 0.05) is 24.1 Å². The number of sulfonamides is 1. The minimum absolute atomic E-state index is 0. The lowest BCUT2D eigenvalue weighted by molar-refractivity contribution is 0.0576. The van der Waals surface area contributed by atoms with Crippen LogP contribution < -0.4 is 10.0 Å². The van der Waals surface area contributed by atoms with Gasteiger partial charge < -0.3 is 14.8 Å². The molecular weight excluding hydrogens is 403 g/mol. The normalized spacial score (nSPS) is 16.6. The molecule has 0 radical (unpaired) electrons. The summed E-state index contributed by atoms with van der Waals surface area (Å²) in [5.74, 6) is -0.753. The first-order valence-corrected chi connectivity index (χ1v) is 9.77. The summed E-state index contributed by atoms with van der Waals surface area (Å²) in [6, 6.07) is 4.03. The smallest absolute Gasteiger partial charge is 0.339 e. The molecule has 0 aliphatic carbocycles. The number of hydrogen-bond donors (Lipinski definition) is 2. The zero-order chi connectivity index (χ0) is 18.5. The Morgan fingerprint density at radius 2 is 1.96 bits per heavy atom. The molecule has 1 fully saturated rings. The highest BCUT2D eigenvalue weighted by Crippen LogP contribution is 2.29. The van der Waals surface area contributed by atoms with Gasteiger partial charge in [0.2, 0.25) is 10.0 Å². The van der Waals surface area contributed by atoms with E-state index in [0.717, 1.165) is 25.9 Å². The molecule has 2 N–H and O–H groups in total. The van der Waals surface area contributed by atoms with Gasteiger partial charge in [0.05, 0.1) is 24.2 Å². The molecular formula is C16H24Cl2N2O5S. The van der Waals surface area contributed by atoms with Crippen LogP contribution in [0.15, 0.2) is 23.1 Å². The van der Waals surface area contributed by atoms with Crippen molar-refractivity contribution in [2.75, 3.05) is 40.5 Å². The molecule has 1 saturated heterocycles. The largest absolute Gasteiger partial charge is 0.465 e. The fourth-order valence-electron chi connectivity index (χ4n) is 2.97. The molecule has 0 spiro atoms.